The van der Waals surface area contributed by atoms with Crippen LogP contribution in [0.25, 0.3) is 0 Å². The van der Waals surface area contributed by atoms with E-state index >= 15 is 0 Å². The molecule has 0 heterocycles. The number of rotatable bonds is 7. The Hall–Kier alpha value is -2.04. The van der Waals surface area contributed by atoms with Gasteiger partial charge in [-0.1, -0.05) is 32.9 Å². The molecule has 0 aliphatic rings. The van der Waals surface area contributed by atoms with E-state index < -0.39 is 12.1 Å². The molecule has 0 aliphatic heterocycles. The number of benzene rings is 1. The smallest absolute Gasteiger partial charge is 0.310 e. The summed E-state index contributed by atoms with van der Waals surface area (Å²) < 4.78 is 10.6. The number of nitrogens with one attached hydrogen (secondary N) is 1. The first kappa shape index (κ1) is 19.0. The Morgan fingerprint density at radius 3 is 2.30 bits per heavy atom. The summed E-state index contributed by atoms with van der Waals surface area (Å²) in [6.07, 6.45) is -0.682. The van der Waals surface area contributed by atoms with Crippen molar-refractivity contribution in [3.63, 3.8) is 0 Å². The topological polar surface area (TPSA) is 64.6 Å². The molecule has 0 saturated carbocycles. The fraction of sp³-hybridized carbons (Fsp3) is 0.556. The molecule has 0 aromatic heterocycles. The zero-order valence-corrected chi connectivity index (χ0v) is 14.6. The third kappa shape index (κ3) is 6.72. The van der Waals surface area contributed by atoms with Gasteiger partial charge in [-0.2, -0.15) is 0 Å². The van der Waals surface area contributed by atoms with E-state index in [2.05, 4.69) is 26.1 Å². The molecule has 128 valence electrons. The van der Waals surface area contributed by atoms with Crippen molar-refractivity contribution in [2.45, 2.75) is 52.6 Å². The second-order valence-electron chi connectivity index (χ2n) is 6.40. The van der Waals surface area contributed by atoms with Gasteiger partial charge >= 0.3 is 5.97 Å². The summed E-state index contributed by atoms with van der Waals surface area (Å²) in [5.74, 6) is -0.0304. The molecule has 0 bridgehead atoms. The summed E-state index contributed by atoms with van der Waals surface area (Å²) in [6, 6.07) is 7.82. The van der Waals surface area contributed by atoms with E-state index in [1.165, 1.54) is 5.56 Å². The number of hydrogen-bond donors (Lipinski definition) is 1. The number of ether oxygens (including phenoxy) is 2. The highest BCUT2D eigenvalue weighted by atomic mass is 16.5. The fourth-order valence-corrected chi connectivity index (χ4v) is 1.93. The molecule has 1 rings (SSSR count). The van der Waals surface area contributed by atoms with Gasteiger partial charge in [0.15, 0.2) is 6.10 Å². The highest BCUT2D eigenvalue weighted by Gasteiger charge is 2.17. The highest BCUT2D eigenvalue weighted by molar-refractivity contribution is 5.83. The number of carbonyl (C=O) groups is 2. The Bertz CT molecular complexity index is 517. The Kier molecular flexibility index (Phi) is 7.07. The van der Waals surface area contributed by atoms with Crippen LogP contribution in [0.3, 0.4) is 0 Å². The fourth-order valence-electron chi connectivity index (χ4n) is 1.93. The van der Waals surface area contributed by atoms with E-state index in [9.17, 15) is 9.59 Å². The molecule has 1 aromatic carbocycles. The van der Waals surface area contributed by atoms with Crippen LogP contribution in [0.15, 0.2) is 24.3 Å². The van der Waals surface area contributed by atoms with Gasteiger partial charge in [0, 0.05) is 6.54 Å². The first-order chi connectivity index (χ1) is 10.7. The Morgan fingerprint density at radius 1 is 1.17 bits per heavy atom. The number of amides is 1. The predicted octanol–water partition coefficient (Wildman–Crippen LogP) is 2.82. The Balaban J connectivity index is 2.36. The molecule has 0 saturated heterocycles. The van der Waals surface area contributed by atoms with Crippen molar-refractivity contribution in [3.8, 4) is 5.75 Å². The average Bonchev–Trinajstić information content (AvgIpc) is 2.47. The highest BCUT2D eigenvalue weighted by Crippen LogP contribution is 2.24. The van der Waals surface area contributed by atoms with Gasteiger partial charge in [-0.25, -0.2) is 0 Å². The summed E-state index contributed by atoms with van der Waals surface area (Å²) in [6.45, 7) is 10.5. The second kappa shape index (κ2) is 8.56. The Labute approximate surface area is 138 Å². The summed E-state index contributed by atoms with van der Waals surface area (Å²) in [5.41, 5.74) is 1.32. The Morgan fingerprint density at radius 2 is 1.78 bits per heavy atom. The van der Waals surface area contributed by atoms with Crippen molar-refractivity contribution in [1.29, 1.82) is 0 Å². The van der Waals surface area contributed by atoms with Gasteiger partial charge in [0.1, 0.15) is 5.75 Å². The third-order valence-electron chi connectivity index (χ3n) is 3.32. The van der Waals surface area contributed by atoms with Crippen molar-refractivity contribution in [1.82, 2.24) is 5.32 Å². The summed E-state index contributed by atoms with van der Waals surface area (Å²) >= 11 is 0. The zero-order valence-electron chi connectivity index (χ0n) is 14.6. The standard InChI is InChI=1S/C18H27NO4/c1-6-19-17(21)13(2)23-16(20)11-12-22-15-9-7-14(8-10-15)18(3,4)5/h7-10,13H,6,11-12H2,1-5H3,(H,19,21)/t13-/m1/s1. The van der Waals surface area contributed by atoms with E-state index in [1.54, 1.807) is 6.92 Å². The SMILES string of the molecule is CCNC(=O)[C@@H](C)OC(=O)CCOc1ccc(C(C)(C)C)cc1. The molecule has 1 amide bonds. The molecule has 0 aliphatic carbocycles. The van der Waals surface area contributed by atoms with Gasteiger partial charge in [0.25, 0.3) is 5.91 Å². The van der Waals surface area contributed by atoms with Crippen molar-refractivity contribution in [2.24, 2.45) is 0 Å². The van der Waals surface area contributed by atoms with Crippen LogP contribution in [-0.4, -0.2) is 31.1 Å². The lowest BCUT2D eigenvalue weighted by atomic mass is 9.87. The lowest BCUT2D eigenvalue weighted by Crippen LogP contribution is -2.35. The zero-order chi connectivity index (χ0) is 17.5. The van der Waals surface area contributed by atoms with E-state index in [0.717, 1.165) is 0 Å². The molecular weight excluding hydrogens is 294 g/mol. The lowest BCUT2D eigenvalue weighted by Gasteiger charge is -2.19. The average molecular weight is 321 g/mol. The van der Waals surface area contributed by atoms with Crippen molar-refractivity contribution < 1.29 is 19.1 Å². The van der Waals surface area contributed by atoms with E-state index in [-0.39, 0.29) is 24.3 Å². The first-order valence-corrected chi connectivity index (χ1v) is 7.94. The number of likely N-dealkylation sites (N-methyl/N-ethyl adjacent to an activating group) is 1. The minimum atomic E-state index is -0.784. The minimum absolute atomic E-state index is 0.0948. The largest absolute Gasteiger partial charge is 0.493 e. The minimum Gasteiger partial charge on any atom is -0.493 e. The van der Waals surface area contributed by atoms with Gasteiger partial charge < -0.3 is 14.8 Å². The maximum Gasteiger partial charge on any atom is 0.310 e. The molecular formula is C18H27NO4. The van der Waals surface area contributed by atoms with Crippen LogP contribution in [0.2, 0.25) is 0 Å². The van der Waals surface area contributed by atoms with Crippen LogP contribution in [0.5, 0.6) is 5.75 Å². The summed E-state index contributed by atoms with van der Waals surface area (Å²) in [5, 5.41) is 2.60. The van der Waals surface area contributed by atoms with Gasteiger partial charge in [-0.05, 0) is 37.0 Å². The maximum atomic E-state index is 11.7. The predicted molar refractivity (Wildman–Crippen MR) is 89.5 cm³/mol. The van der Waals surface area contributed by atoms with Crippen LogP contribution in [0, 0.1) is 0 Å². The molecule has 0 unspecified atom stereocenters. The van der Waals surface area contributed by atoms with Gasteiger partial charge in [0.05, 0.1) is 13.0 Å². The first-order valence-electron chi connectivity index (χ1n) is 7.94. The van der Waals surface area contributed by atoms with Crippen molar-refractivity contribution in [3.05, 3.63) is 29.8 Å². The normalized spacial score (nSPS) is 12.4. The monoisotopic (exact) mass is 321 g/mol. The summed E-state index contributed by atoms with van der Waals surface area (Å²) in [7, 11) is 0. The van der Waals surface area contributed by atoms with Crippen molar-refractivity contribution >= 4 is 11.9 Å². The number of hydrogen-bond acceptors (Lipinski definition) is 4. The van der Waals surface area contributed by atoms with Crippen LogP contribution in [0.4, 0.5) is 0 Å². The molecule has 1 N–H and O–H groups in total. The molecule has 1 aromatic rings. The molecule has 0 fully saturated rings. The molecule has 0 spiro atoms. The molecule has 1 atom stereocenters. The van der Waals surface area contributed by atoms with Crippen LogP contribution >= 0.6 is 0 Å². The van der Waals surface area contributed by atoms with E-state index in [4.69, 9.17) is 9.47 Å². The molecule has 0 radical (unpaired) electrons. The van der Waals surface area contributed by atoms with E-state index in [1.807, 2.05) is 31.2 Å². The maximum absolute atomic E-state index is 11.7. The second-order valence-corrected chi connectivity index (χ2v) is 6.40. The van der Waals surface area contributed by atoms with Crippen LogP contribution in [0.1, 0.15) is 46.6 Å². The van der Waals surface area contributed by atoms with Gasteiger partial charge in [0.2, 0.25) is 0 Å². The third-order valence-corrected chi connectivity index (χ3v) is 3.32. The molecule has 5 heteroatoms. The van der Waals surface area contributed by atoms with Crippen LogP contribution < -0.4 is 10.1 Å². The molecule has 5 nitrogen and oxygen atoms in total. The molecule has 23 heavy (non-hydrogen) atoms. The van der Waals surface area contributed by atoms with E-state index in [0.29, 0.717) is 12.3 Å². The van der Waals surface area contributed by atoms with Gasteiger partial charge in [-0.3, -0.25) is 9.59 Å². The summed E-state index contributed by atoms with van der Waals surface area (Å²) in [4.78, 5) is 23.1. The lowest BCUT2D eigenvalue weighted by molar-refractivity contribution is -0.155. The van der Waals surface area contributed by atoms with Crippen molar-refractivity contribution in [2.75, 3.05) is 13.2 Å². The number of carbonyl (C=O) groups excluding carboxylic acids is 2. The van der Waals surface area contributed by atoms with Gasteiger partial charge in [-0.15, -0.1) is 0 Å². The number of esters is 1. The quantitative estimate of drug-likeness (QED) is 0.784. The van der Waals surface area contributed by atoms with Crippen LogP contribution in [-0.2, 0) is 19.7 Å².